The lowest BCUT2D eigenvalue weighted by Gasteiger charge is -2.37. The van der Waals surface area contributed by atoms with Crippen LogP contribution in [0.15, 0.2) is 46.0 Å². The van der Waals surface area contributed by atoms with Crippen molar-refractivity contribution in [3.63, 3.8) is 0 Å². The summed E-state index contributed by atoms with van der Waals surface area (Å²) >= 11 is 0. The van der Waals surface area contributed by atoms with E-state index >= 15 is 0 Å². The number of allylic oxidation sites excluding steroid dienone is 3. The van der Waals surface area contributed by atoms with E-state index in [4.69, 9.17) is 9.84 Å². The lowest BCUT2D eigenvalue weighted by molar-refractivity contribution is -0.199. The summed E-state index contributed by atoms with van der Waals surface area (Å²) in [4.78, 5) is 39.8. The SMILES string of the molecule is CCN(CCN[C@H](O)C1C(C)=C(/C=C2\C(=O)N[C@H]3CC=C(F)C[C@@H]23)NC1C)[C@@H](O)OCC1C2=C(CCCC2)C2C1CCC[C@@H]2C(=O)NCCNC(=O)CCO. The van der Waals surface area contributed by atoms with Gasteiger partial charge in [-0.3, -0.25) is 24.6 Å². The molecule has 0 radical (unpaired) electrons. The van der Waals surface area contributed by atoms with Crippen LogP contribution in [0.5, 0.6) is 0 Å². The number of carbonyl (C=O) groups excluding carboxylic acids is 3. The Morgan fingerprint density at radius 2 is 1.85 bits per heavy atom. The number of amides is 3. The van der Waals surface area contributed by atoms with E-state index in [1.807, 2.05) is 31.7 Å². The van der Waals surface area contributed by atoms with Crippen LogP contribution >= 0.6 is 0 Å². The standard InChI is InChI=1S/C41H63FN6O7/c1-4-48(18-17-45-40(53)36-23(2)34(46-24(36)3)21-31-30-20-25(42)12-13-33(30)47-39(31)52)41(54)55-22-32-26-8-5-6-9-27(26)37-28(32)10-7-11-29(37)38(51)44-16-15-43-35(50)14-19-49/h12,21,24,28-30,32-33,36-37,40-41,45-46,49,53-54H,4-11,13-20,22H2,1-3H3,(H,43,50)(H,44,51)(H,47,52)/b31-21-/t24?,28?,29-,30-,32?,33-,36?,37?,40+,41-/m0/s1. The van der Waals surface area contributed by atoms with Gasteiger partial charge in [0.05, 0.1) is 19.0 Å². The minimum absolute atomic E-state index is 0.0341. The molecule has 1 saturated carbocycles. The molecule has 0 aromatic heterocycles. The van der Waals surface area contributed by atoms with Crippen LogP contribution in [0.2, 0.25) is 0 Å². The third-order valence-corrected chi connectivity index (χ3v) is 13.1. The summed E-state index contributed by atoms with van der Waals surface area (Å²) in [5, 5.41) is 46.9. The van der Waals surface area contributed by atoms with Gasteiger partial charge in [0.25, 0.3) is 0 Å². The van der Waals surface area contributed by atoms with Gasteiger partial charge in [-0.1, -0.05) is 30.6 Å². The first kappa shape index (κ1) is 41.5. The van der Waals surface area contributed by atoms with Crippen LogP contribution in [0.1, 0.15) is 85.0 Å². The molecule has 4 aliphatic carbocycles. The second-order valence-corrected chi connectivity index (χ2v) is 16.3. The number of hydrogen-bond donors (Lipinski definition) is 8. The van der Waals surface area contributed by atoms with Gasteiger partial charge in [-0.2, -0.15) is 0 Å². The van der Waals surface area contributed by atoms with Gasteiger partial charge in [0.15, 0.2) is 0 Å². The monoisotopic (exact) mass is 770 g/mol. The number of aliphatic hydroxyl groups is 3. The topological polar surface area (TPSA) is 185 Å². The van der Waals surface area contributed by atoms with Crippen molar-refractivity contribution in [2.24, 2.45) is 35.5 Å². The molecule has 2 fully saturated rings. The fraction of sp³-hybridized carbons (Fsp3) is 0.732. The minimum atomic E-state index is -1.12. The fourth-order valence-electron chi connectivity index (χ4n) is 10.4. The van der Waals surface area contributed by atoms with E-state index in [0.29, 0.717) is 57.2 Å². The molecular formula is C41H63FN6O7. The van der Waals surface area contributed by atoms with Crippen LogP contribution in [0, 0.1) is 35.5 Å². The second-order valence-electron chi connectivity index (χ2n) is 16.3. The van der Waals surface area contributed by atoms with Gasteiger partial charge >= 0.3 is 0 Å². The third kappa shape index (κ3) is 9.37. The molecule has 0 bridgehead atoms. The summed E-state index contributed by atoms with van der Waals surface area (Å²) in [6.07, 6.45) is 9.20. The Bertz CT molecular complexity index is 1550. The number of nitrogens with one attached hydrogen (secondary N) is 5. The van der Waals surface area contributed by atoms with E-state index in [1.54, 1.807) is 6.08 Å². The van der Waals surface area contributed by atoms with Gasteiger partial charge in [-0.25, -0.2) is 4.39 Å². The molecule has 5 unspecified atom stereocenters. The van der Waals surface area contributed by atoms with E-state index in [1.165, 1.54) is 11.1 Å². The highest BCUT2D eigenvalue weighted by Gasteiger charge is 2.50. The van der Waals surface area contributed by atoms with Crippen molar-refractivity contribution in [3.05, 3.63) is 46.0 Å². The predicted octanol–water partition coefficient (Wildman–Crippen LogP) is 2.23. The summed E-state index contributed by atoms with van der Waals surface area (Å²) in [7, 11) is 0. The van der Waals surface area contributed by atoms with Gasteiger partial charge in [0.1, 0.15) is 6.23 Å². The maximum atomic E-state index is 14.1. The first-order valence-corrected chi connectivity index (χ1v) is 20.7. The second kappa shape index (κ2) is 18.9. The molecule has 8 N–H and O–H groups in total. The molecule has 13 nitrogen and oxygen atoms in total. The molecule has 55 heavy (non-hydrogen) atoms. The van der Waals surface area contributed by atoms with Gasteiger partial charge < -0.3 is 41.3 Å². The van der Waals surface area contributed by atoms with Gasteiger partial charge in [-0.05, 0) is 82.3 Å². The van der Waals surface area contributed by atoms with Crippen LogP contribution in [0.4, 0.5) is 4.39 Å². The average Bonchev–Trinajstić information content (AvgIpc) is 3.77. The quantitative estimate of drug-likeness (QED) is 0.0473. The first-order chi connectivity index (χ1) is 26.5. The molecule has 2 aliphatic heterocycles. The number of nitrogens with zero attached hydrogens (tertiary/aromatic N) is 1. The molecule has 0 aromatic rings. The van der Waals surface area contributed by atoms with Crippen LogP contribution in [0.3, 0.4) is 0 Å². The largest absolute Gasteiger partial charge is 0.396 e. The smallest absolute Gasteiger partial charge is 0.247 e. The zero-order valence-corrected chi connectivity index (χ0v) is 32.7. The molecule has 6 rings (SSSR count). The van der Waals surface area contributed by atoms with Gasteiger partial charge in [0.2, 0.25) is 24.1 Å². The van der Waals surface area contributed by atoms with Crippen molar-refractivity contribution in [1.82, 2.24) is 31.5 Å². The van der Waals surface area contributed by atoms with E-state index < -0.39 is 12.6 Å². The Hall–Kier alpha value is -3.14. The molecule has 0 aromatic carbocycles. The number of rotatable bonds is 17. The molecule has 0 spiro atoms. The lowest BCUT2D eigenvalue weighted by Crippen LogP contribution is -2.47. The first-order valence-electron chi connectivity index (χ1n) is 20.7. The molecule has 306 valence electrons. The summed E-state index contributed by atoms with van der Waals surface area (Å²) in [6, 6.07) is -0.187. The minimum Gasteiger partial charge on any atom is -0.396 e. The molecular weight excluding hydrogens is 707 g/mol. The lowest BCUT2D eigenvalue weighted by atomic mass is 9.68. The van der Waals surface area contributed by atoms with Crippen molar-refractivity contribution in [3.8, 4) is 0 Å². The highest BCUT2D eigenvalue weighted by molar-refractivity contribution is 5.97. The zero-order chi connectivity index (χ0) is 39.2. The van der Waals surface area contributed by atoms with E-state index in [9.17, 15) is 29.0 Å². The van der Waals surface area contributed by atoms with Crippen LogP contribution in [0.25, 0.3) is 0 Å². The molecule has 2 heterocycles. The average molecular weight is 771 g/mol. The summed E-state index contributed by atoms with van der Waals surface area (Å²) in [5.41, 5.74) is 5.14. The van der Waals surface area contributed by atoms with Crippen molar-refractivity contribution < 1.29 is 38.8 Å². The molecule has 6 aliphatic rings. The Labute approximate surface area is 324 Å². The third-order valence-electron chi connectivity index (χ3n) is 13.1. The molecule has 14 heteroatoms. The van der Waals surface area contributed by atoms with Crippen molar-refractivity contribution in [2.45, 2.75) is 110 Å². The van der Waals surface area contributed by atoms with Crippen LogP contribution < -0.4 is 26.6 Å². The van der Waals surface area contributed by atoms with Crippen molar-refractivity contribution in [2.75, 3.05) is 45.9 Å². The van der Waals surface area contributed by atoms with Crippen LogP contribution in [-0.2, 0) is 19.1 Å². The van der Waals surface area contributed by atoms with E-state index in [0.717, 1.165) is 56.2 Å². The normalized spacial score (nSPS) is 32.1. The Balaban J connectivity index is 1.00. The number of carbonyl (C=O) groups is 3. The van der Waals surface area contributed by atoms with Gasteiger partial charge in [0, 0.05) is 92.6 Å². The fourth-order valence-corrected chi connectivity index (χ4v) is 10.4. The number of aliphatic hydroxyl groups excluding tert-OH is 3. The number of halogens is 1. The Morgan fingerprint density at radius 3 is 2.62 bits per heavy atom. The number of ether oxygens (including phenoxy) is 1. The molecule has 10 atom stereocenters. The maximum Gasteiger partial charge on any atom is 0.247 e. The van der Waals surface area contributed by atoms with Crippen LogP contribution in [-0.4, -0.2) is 109 Å². The zero-order valence-electron chi connectivity index (χ0n) is 32.7. The highest BCUT2D eigenvalue weighted by atomic mass is 19.1. The Morgan fingerprint density at radius 1 is 1.09 bits per heavy atom. The summed E-state index contributed by atoms with van der Waals surface area (Å²) in [6.45, 7) is 8.16. The van der Waals surface area contributed by atoms with Crippen molar-refractivity contribution >= 4 is 17.7 Å². The molecule has 1 saturated heterocycles. The number of hydrogen-bond acceptors (Lipinski definition) is 10. The number of fused-ring (bicyclic) bond motifs is 3. The van der Waals surface area contributed by atoms with Gasteiger partial charge in [-0.15, -0.1) is 0 Å². The molecule has 3 amide bonds. The number of likely N-dealkylation sites (N-methyl/N-ethyl adjacent to an activating group) is 1. The van der Waals surface area contributed by atoms with Crippen molar-refractivity contribution in [1.29, 1.82) is 0 Å². The maximum absolute atomic E-state index is 14.1. The van der Waals surface area contributed by atoms with E-state index in [2.05, 4.69) is 26.6 Å². The predicted molar refractivity (Wildman–Crippen MR) is 205 cm³/mol. The highest BCUT2D eigenvalue weighted by Crippen LogP contribution is 2.55. The summed E-state index contributed by atoms with van der Waals surface area (Å²) < 4.78 is 20.3. The Kier molecular flexibility index (Phi) is 14.2. The summed E-state index contributed by atoms with van der Waals surface area (Å²) in [5.74, 6) is -0.498. The van der Waals surface area contributed by atoms with E-state index in [-0.39, 0.29) is 84.7 Å².